The summed E-state index contributed by atoms with van der Waals surface area (Å²) in [5.41, 5.74) is 3.94. The number of carbonyl (C=O) groups is 1. The highest BCUT2D eigenvalue weighted by atomic mass is 16.2. The molecule has 1 saturated heterocycles. The number of fused-ring (bicyclic) bond motifs is 1. The Bertz CT molecular complexity index is 475. The molecule has 1 aromatic rings. The average Bonchev–Trinajstić information content (AvgIpc) is 2.83. The molecule has 17 heavy (non-hydrogen) atoms. The summed E-state index contributed by atoms with van der Waals surface area (Å²) in [5, 5.41) is 0. The molecule has 0 bridgehead atoms. The second-order valence-corrected chi connectivity index (χ2v) is 5.05. The molecular formula is C15H17NO. The van der Waals surface area contributed by atoms with Gasteiger partial charge in [0.15, 0.2) is 0 Å². The first-order valence-electron chi connectivity index (χ1n) is 6.30. The quantitative estimate of drug-likeness (QED) is 0.760. The van der Waals surface area contributed by atoms with Crippen LogP contribution in [0.3, 0.4) is 0 Å². The lowest BCUT2D eigenvalue weighted by atomic mass is 10.1. The van der Waals surface area contributed by atoms with E-state index in [2.05, 4.69) is 36.1 Å². The first-order chi connectivity index (χ1) is 8.25. The fourth-order valence-electron chi connectivity index (χ4n) is 3.01. The van der Waals surface area contributed by atoms with Crippen LogP contribution in [0.1, 0.15) is 31.7 Å². The van der Waals surface area contributed by atoms with E-state index in [0.717, 1.165) is 25.7 Å². The highest BCUT2D eigenvalue weighted by molar-refractivity contribution is 5.81. The smallest absolute Gasteiger partial charge is 0.227 e. The van der Waals surface area contributed by atoms with Gasteiger partial charge in [-0.25, -0.2) is 0 Å². The van der Waals surface area contributed by atoms with Crippen LogP contribution in [0, 0.1) is 0 Å². The number of allylic oxidation sites excluding steroid dienone is 1. The van der Waals surface area contributed by atoms with Crippen molar-refractivity contribution >= 4 is 5.91 Å². The van der Waals surface area contributed by atoms with Gasteiger partial charge in [0.1, 0.15) is 0 Å². The van der Waals surface area contributed by atoms with Crippen LogP contribution in [0.25, 0.3) is 0 Å². The number of benzene rings is 1. The van der Waals surface area contributed by atoms with E-state index < -0.39 is 0 Å². The summed E-state index contributed by atoms with van der Waals surface area (Å²) >= 11 is 0. The van der Waals surface area contributed by atoms with Gasteiger partial charge in [-0.2, -0.15) is 0 Å². The lowest BCUT2D eigenvalue weighted by Gasteiger charge is -2.20. The first kappa shape index (κ1) is 10.6. The minimum atomic E-state index is 0.317. The molecule has 1 fully saturated rings. The Morgan fingerprint density at radius 2 is 2.06 bits per heavy atom. The van der Waals surface area contributed by atoms with E-state index in [1.807, 2.05) is 6.07 Å². The molecule has 0 aliphatic carbocycles. The Balaban J connectivity index is 1.87. The molecule has 0 unspecified atom stereocenters. The maximum Gasteiger partial charge on any atom is 0.227 e. The number of amides is 1. The van der Waals surface area contributed by atoms with Crippen LogP contribution in [0.5, 0.6) is 0 Å². The van der Waals surface area contributed by atoms with E-state index >= 15 is 0 Å². The van der Waals surface area contributed by atoms with Gasteiger partial charge in [0, 0.05) is 24.6 Å². The van der Waals surface area contributed by atoms with Crippen molar-refractivity contribution in [3.8, 4) is 0 Å². The zero-order valence-electron chi connectivity index (χ0n) is 10.1. The minimum absolute atomic E-state index is 0.317. The maximum atomic E-state index is 11.9. The Morgan fingerprint density at radius 3 is 2.82 bits per heavy atom. The summed E-state index contributed by atoms with van der Waals surface area (Å²) in [7, 11) is 0. The molecule has 0 N–H and O–H groups in total. The van der Waals surface area contributed by atoms with Gasteiger partial charge >= 0.3 is 0 Å². The van der Waals surface area contributed by atoms with Crippen LogP contribution < -0.4 is 0 Å². The van der Waals surface area contributed by atoms with Gasteiger partial charge in [0.2, 0.25) is 5.91 Å². The number of nitrogens with zero attached hydrogens (tertiary/aromatic N) is 1. The van der Waals surface area contributed by atoms with Crippen molar-refractivity contribution in [3.63, 3.8) is 0 Å². The third kappa shape index (κ3) is 1.78. The Hall–Kier alpha value is -1.57. The average molecular weight is 227 g/mol. The third-order valence-electron chi connectivity index (χ3n) is 3.86. The molecule has 1 amide bonds. The molecule has 2 aliphatic rings. The van der Waals surface area contributed by atoms with Gasteiger partial charge in [-0.3, -0.25) is 4.79 Å². The molecular weight excluding hydrogens is 210 g/mol. The molecule has 1 aromatic carbocycles. The van der Waals surface area contributed by atoms with Gasteiger partial charge < -0.3 is 4.90 Å². The normalized spacial score (nSPS) is 23.5. The predicted molar refractivity (Wildman–Crippen MR) is 67.3 cm³/mol. The van der Waals surface area contributed by atoms with Gasteiger partial charge in [-0.15, -0.1) is 0 Å². The molecule has 0 saturated carbocycles. The number of carbonyl (C=O) groups excluding carboxylic acids is 1. The van der Waals surface area contributed by atoms with Crippen molar-refractivity contribution < 1.29 is 4.79 Å². The Kier molecular flexibility index (Phi) is 2.50. The molecule has 1 atom stereocenters. The molecule has 88 valence electrons. The lowest BCUT2D eigenvalue weighted by molar-refractivity contribution is -0.126. The third-order valence-corrected chi connectivity index (χ3v) is 3.86. The van der Waals surface area contributed by atoms with Crippen LogP contribution in [0.2, 0.25) is 0 Å². The summed E-state index contributed by atoms with van der Waals surface area (Å²) in [5.74, 6) is 0.317. The van der Waals surface area contributed by atoms with E-state index in [1.54, 1.807) is 0 Å². The summed E-state index contributed by atoms with van der Waals surface area (Å²) < 4.78 is 0. The van der Waals surface area contributed by atoms with Crippen molar-refractivity contribution in [1.82, 2.24) is 4.90 Å². The van der Waals surface area contributed by atoms with Crippen LogP contribution >= 0.6 is 0 Å². The molecule has 0 radical (unpaired) electrons. The summed E-state index contributed by atoms with van der Waals surface area (Å²) in [4.78, 5) is 14.0. The monoisotopic (exact) mass is 227 g/mol. The number of hydrogen-bond acceptors (Lipinski definition) is 1. The summed E-state index contributed by atoms with van der Waals surface area (Å²) in [6.07, 6.45) is 3.74. The van der Waals surface area contributed by atoms with Gasteiger partial charge in [0.05, 0.1) is 0 Å². The minimum Gasteiger partial charge on any atom is -0.313 e. The maximum absolute atomic E-state index is 11.9. The molecule has 0 spiro atoms. The largest absolute Gasteiger partial charge is 0.313 e. The van der Waals surface area contributed by atoms with E-state index in [1.165, 1.54) is 16.8 Å². The van der Waals surface area contributed by atoms with Gasteiger partial charge in [-0.05, 0) is 25.3 Å². The highest BCUT2D eigenvalue weighted by Crippen LogP contribution is 2.37. The molecule has 3 rings (SSSR count). The van der Waals surface area contributed by atoms with Crippen LogP contribution in [0.4, 0.5) is 0 Å². The van der Waals surface area contributed by atoms with Crippen molar-refractivity contribution in [1.29, 1.82) is 0 Å². The number of hydrogen-bond donors (Lipinski definition) is 0. The van der Waals surface area contributed by atoms with Crippen molar-refractivity contribution in [2.45, 2.75) is 38.6 Å². The van der Waals surface area contributed by atoms with Crippen LogP contribution in [-0.2, 0) is 11.2 Å². The predicted octanol–water partition coefficient (Wildman–Crippen LogP) is 2.90. The van der Waals surface area contributed by atoms with E-state index in [9.17, 15) is 4.79 Å². The van der Waals surface area contributed by atoms with E-state index in [-0.39, 0.29) is 0 Å². The van der Waals surface area contributed by atoms with E-state index in [0.29, 0.717) is 11.9 Å². The van der Waals surface area contributed by atoms with Crippen molar-refractivity contribution in [3.05, 3.63) is 47.2 Å². The van der Waals surface area contributed by atoms with Gasteiger partial charge in [-0.1, -0.05) is 35.9 Å². The standard InChI is InChI=1S/C15H17NO/c1-11-9-13-7-8-15(17)16(13)14(11)10-12-5-3-2-4-6-12/h2-6,13H,7-10H2,1H3/t13-/m0/s1. The van der Waals surface area contributed by atoms with Crippen LogP contribution in [-0.4, -0.2) is 16.8 Å². The number of rotatable bonds is 2. The molecule has 2 aliphatic heterocycles. The second-order valence-electron chi connectivity index (χ2n) is 5.05. The molecule has 2 nitrogen and oxygen atoms in total. The fourth-order valence-corrected chi connectivity index (χ4v) is 3.01. The van der Waals surface area contributed by atoms with Crippen molar-refractivity contribution in [2.24, 2.45) is 0 Å². The molecule has 2 heteroatoms. The highest BCUT2D eigenvalue weighted by Gasteiger charge is 2.38. The molecule has 2 heterocycles. The lowest BCUT2D eigenvalue weighted by Crippen LogP contribution is -2.28. The fraction of sp³-hybridized carbons (Fsp3) is 0.400. The molecule has 0 aromatic heterocycles. The van der Waals surface area contributed by atoms with Crippen LogP contribution in [0.15, 0.2) is 41.6 Å². The SMILES string of the molecule is CC1=C(Cc2ccccc2)N2C(=O)CC[C@H]2C1. The second kappa shape index (κ2) is 4.02. The van der Waals surface area contributed by atoms with Gasteiger partial charge in [0.25, 0.3) is 0 Å². The summed E-state index contributed by atoms with van der Waals surface area (Å²) in [6, 6.07) is 10.9. The summed E-state index contributed by atoms with van der Waals surface area (Å²) in [6.45, 7) is 2.17. The van der Waals surface area contributed by atoms with Crippen molar-refractivity contribution in [2.75, 3.05) is 0 Å². The zero-order chi connectivity index (χ0) is 11.8. The topological polar surface area (TPSA) is 20.3 Å². The Morgan fingerprint density at radius 1 is 1.29 bits per heavy atom. The van der Waals surface area contributed by atoms with E-state index in [4.69, 9.17) is 0 Å². The zero-order valence-corrected chi connectivity index (χ0v) is 10.1. The Labute approximate surface area is 102 Å². The first-order valence-corrected chi connectivity index (χ1v) is 6.30.